The lowest BCUT2D eigenvalue weighted by atomic mass is 10.3. The SMILES string of the molecule is O=C(COc1ccc(S(=O)(=O)Nc2ccccc2)cc1Cl)Nc1cccc(Br)c1. The quantitative estimate of drug-likeness (QED) is 0.487. The molecule has 3 rings (SSSR count). The number of carbonyl (C=O) groups is 1. The maximum absolute atomic E-state index is 12.5. The third-order valence-corrected chi connectivity index (χ3v) is 5.87. The summed E-state index contributed by atoms with van der Waals surface area (Å²) in [5, 5.41) is 2.77. The number of halogens is 2. The second-order valence-electron chi connectivity index (χ2n) is 5.91. The summed E-state index contributed by atoms with van der Waals surface area (Å²) in [6, 6.07) is 19.7. The Labute approximate surface area is 182 Å². The molecule has 2 N–H and O–H groups in total. The minimum absolute atomic E-state index is 0.0164. The lowest BCUT2D eigenvalue weighted by Gasteiger charge is -2.11. The van der Waals surface area contributed by atoms with Crippen LogP contribution in [0.3, 0.4) is 0 Å². The number of benzene rings is 3. The maximum Gasteiger partial charge on any atom is 0.262 e. The molecule has 3 aromatic rings. The van der Waals surface area contributed by atoms with Crippen LogP contribution >= 0.6 is 27.5 Å². The van der Waals surface area contributed by atoms with Crippen molar-refractivity contribution in [3.8, 4) is 5.75 Å². The van der Waals surface area contributed by atoms with Crippen LogP contribution in [0, 0.1) is 0 Å². The Kier molecular flexibility index (Phi) is 6.79. The Morgan fingerprint density at radius 1 is 0.966 bits per heavy atom. The van der Waals surface area contributed by atoms with Crippen LogP contribution in [0.2, 0.25) is 5.02 Å². The van der Waals surface area contributed by atoms with Gasteiger partial charge in [-0.2, -0.15) is 0 Å². The second kappa shape index (κ2) is 9.30. The lowest BCUT2D eigenvalue weighted by molar-refractivity contribution is -0.118. The van der Waals surface area contributed by atoms with Gasteiger partial charge in [0.2, 0.25) is 0 Å². The van der Waals surface area contributed by atoms with Crippen molar-refractivity contribution in [3.63, 3.8) is 0 Å². The average Bonchev–Trinajstić information content (AvgIpc) is 2.67. The molecule has 0 saturated heterocycles. The van der Waals surface area contributed by atoms with Crippen LogP contribution in [0.1, 0.15) is 0 Å². The van der Waals surface area contributed by atoms with Crippen LogP contribution in [0.15, 0.2) is 82.2 Å². The fourth-order valence-electron chi connectivity index (χ4n) is 2.39. The number of para-hydroxylation sites is 1. The van der Waals surface area contributed by atoms with E-state index in [1.54, 1.807) is 48.5 Å². The summed E-state index contributed by atoms with van der Waals surface area (Å²) in [4.78, 5) is 12.0. The predicted octanol–water partition coefficient (Wildman–Crippen LogP) is 4.92. The molecule has 0 atom stereocenters. The van der Waals surface area contributed by atoms with Crippen molar-refractivity contribution in [2.75, 3.05) is 16.6 Å². The van der Waals surface area contributed by atoms with Gasteiger partial charge in [-0.15, -0.1) is 0 Å². The van der Waals surface area contributed by atoms with Gasteiger partial charge in [0.15, 0.2) is 6.61 Å². The van der Waals surface area contributed by atoms with Crippen molar-refractivity contribution >= 4 is 54.8 Å². The number of hydrogen-bond acceptors (Lipinski definition) is 4. The number of amides is 1. The molecule has 0 aliphatic carbocycles. The van der Waals surface area contributed by atoms with Crippen LogP contribution in [-0.2, 0) is 14.8 Å². The van der Waals surface area contributed by atoms with Crippen LogP contribution in [0.4, 0.5) is 11.4 Å². The van der Waals surface area contributed by atoms with Gasteiger partial charge < -0.3 is 10.1 Å². The normalized spacial score (nSPS) is 11.0. The number of ether oxygens (including phenoxy) is 1. The number of carbonyl (C=O) groups excluding carboxylic acids is 1. The van der Waals surface area contributed by atoms with Crippen molar-refractivity contribution in [2.24, 2.45) is 0 Å². The smallest absolute Gasteiger partial charge is 0.262 e. The van der Waals surface area contributed by atoms with Crippen molar-refractivity contribution in [2.45, 2.75) is 4.90 Å². The second-order valence-corrected chi connectivity index (χ2v) is 8.92. The minimum Gasteiger partial charge on any atom is -0.482 e. The first kappa shape index (κ1) is 21.2. The first-order valence-corrected chi connectivity index (χ1v) is 11.0. The van der Waals surface area contributed by atoms with E-state index < -0.39 is 10.0 Å². The van der Waals surface area contributed by atoms with E-state index in [-0.39, 0.29) is 28.2 Å². The van der Waals surface area contributed by atoms with E-state index in [4.69, 9.17) is 16.3 Å². The Morgan fingerprint density at radius 3 is 2.38 bits per heavy atom. The summed E-state index contributed by atoms with van der Waals surface area (Å²) in [6.07, 6.45) is 0. The zero-order chi connectivity index (χ0) is 20.9. The van der Waals surface area contributed by atoms with Gasteiger partial charge in [0, 0.05) is 15.8 Å². The van der Waals surface area contributed by atoms with E-state index in [1.807, 2.05) is 6.07 Å². The Morgan fingerprint density at radius 2 is 1.69 bits per heavy atom. The highest BCUT2D eigenvalue weighted by molar-refractivity contribution is 9.10. The topological polar surface area (TPSA) is 84.5 Å². The highest BCUT2D eigenvalue weighted by Crippen LogP contribution is 2.28. The molecule has 0 radical (unpaired) electrons. The maximum atomic E-state index is 12.5. The fourth-order valence-corrected chi connectivity index (χ4v) is 4.18. The molecule has 6 nitrogen and oxygen atoms in total. The average molecular weight is 496 g/mol. The third-order valence-electron chi connectivity index (χ3n) is 3.71. The highest BCUT2D eigenvalue weighted by Gasteiger charge is 2.17. The summed E-state index contributed by atoms with van der Waals surface area (Å²) >= 11 is 9.47. The number of anilines is 2. The molecule has 0 heterocycles. The number of nitrogens with one attached hydrogen (secondary N) is 2. The molecule has 29 heavy (non-hydrogen) atoms. The summed E-state index contributed by atoms with van der Waals surface area (Å²) in [6.45, 7) is -0.277. The van der Waals surface area contributed by atoms with E-state index in [9.17, 15) is 13.2 Å². The zero-order valence-corrected chi connectivity index (χ0v) is 18.1. The van der Waals surface area contributed by atoms with Crippen LogP contribution < -0.4 is 14.8 Å². The number of hydrogen-bond donors (Lipinski definition) is 2. The Balaban J connectivity index is 1.64. The third kappa shape index (κ3) is 5.96. The van der Waals surface area contributed by atoms with E-state index in [0.29, 0.717) is 11.4 Å². The highest BCUT2D eigenvalue weighted by atomic mass is 79.9. The molecule has 0 fully saturated rings. The molecule has 0 bridgehead atoms. The van der Waals surface area contributed by atoms with Crippen LogP contribution in [0.5, 0.6) is 5.75 Å². The van der Waals surface area contributed by atoms with Gasteiger partial charge in [-0.3, -0.25) is 9.52 Å². The van der Waals surface area contributed by atoms with Crippen molar-refractivity contribution in [1.29, 1.82) is 0 Å². The predicted molar refractivity (Wildman–Crippen MR) is 117 cm³/mol. The molecule has 3 aromatic carbocycles. The lowest BCUT2D eigenvalue weighted by Crippen LogP contribution is -2.20. The molecule has 9 heteroatoms. The van der Waals surface area contributed by atoms with Gasteiger partial charge >= 0.3 is 0 Å². The van der Waals surface area contributed by atoms with E-state index in [2.05, 4.69) is 26.0 Å². The van der Waals surface area contributed by atoms with Gasteiger partial charge in [0.05, 0.1) is 9.92 Å². The van der Waals surface area contributed by atoms with Gasteiger partial charge in [0.1, 0.15) is 5.75 Å². The van der Waals surface area contributed by atoms with Gasteiger partial charge in [-0.05, 0) is 48.5 Å². The van der Waals surface area contributed by atoms with Crippen LogP contribution in [-0.4, -0.2) is 20.9 Å². The standard InChI is InChI=1S/C20H16BrClN2O4S/c21-14-5-4-8-16(11-14)23-20(25)13-28-19-10-9-17(12-18(19)22)29(26,27)24-15-6-2-1-3-7-15/h1-12,24H,13H2,(H,23,25). The molecule has 1 amide bonds. The molecule has 0 saturated carbocycles. The molecule has 0 aliphatic rings. The largest absolute Gasteiger partial charge is 0.482 e. The summed E-state index contributed by atoms with van der Waals surface area (Å²) in [5.41, 5.74) is 1.06. The van der Waals surface area contributed by atoms with Crippen molar-refractivity contribution in [1.82, 2.24) is 0 Å². The summed E-state index contributed by atoms with van der Waals surface area (Å²) in [5.74, 6) is -0.170. The molecular weight excluding hydrogens is 480 g/mol. The molecule has 0 spiro atoms. The molecule has 0 unspecified atom stereocenters. The van der Waals surface area contributed by atoms with Gasteiger partial charge in [-0.25, -0.2) is 8.42 Å². The van der Waals surface area contributed by atoms with Crippen molar-refractivity contribution < 1.29 is 17.9 Å². The van der Waals surface area contributed by atoms with Crippen LogP contribution in [0.25, 0.3) is 0 Å². The minimum atomic E-state index is -3.80. The van der Waals surface area contributed by atoms with Gasteiger partial charge in [0.25, 0.3) is 15.9 Å². The first-order valence-electron chi connectivity index (χ1n) is 8.39. The zero-order valence-electron chi connectivity index (χ0n) is 14.9. The summed E-state index contributed by atoms with van der Waals surface area (Å²) in [7, 11) is -3.80. The van der Waals surface area contributed by atoms with Gasteiger partial charge in [-0.1, -0.05) is 51.8 Å². The number of sulfonamides is 1. The number of rotatable bonds is 7. The summed E-state index contributed by atoms with van der Waals surface area (Å²) < 4.78 is 33.7. The Bertz CT molecular complexity index is 1120. The molecular formula is C20H16BrClN2O4S. The molecule has 150 valence electrons. The van der Waals surface area contributed by atoms with E-state index in [0.717, 1.165) is 4.47 Å². The van der Waals surface area contributed by atoms with E-state index >= 15 is 0 Å². The van der Waals surface area contributed by atoms with E-state index in [1.165, 1.54) is 18.2 Å². The fraction of sp³-hybridized carbons (Fsp3) is 0.0500. The molecule has 0 aliphatic heterocycles. The Hall–Kier alpha value is -2.55. The first-order chi connectivity index (χ1) is 13.8. The monoisotopic (exact) mass is 494 g/mol. The van der Waals surface area contributed by atoms with Crippen molar-refractivity contribution in [3.05, 3.63) is 82.3 Å². The molecule has 0 aromatic heterocycles.